The first-order chi connectivity index (χ1) is 11.3. The number of hydrogen-bond acceptors (Lipinski definition) is 5. The third-order valence-electron chi connectivity index (χ3n) is 3.47. The number of halogens is 2. The van der Waals surface area contributed by atoms with Crippen LogP contribution in [0.1, 0.15) is 30.6 Å². The van der Waals surface area contributed by atoms with E-state index in [9.17, 15) is 18.8 Å². The fraction of sp³-hybridized carbons (Fsp3) is 0.438. The van der Waals surface area contributed by atoms with Gasteiger partial charge in [-0.05, 0) is 24.1 Å². The standard InChI is InChI=1S/C16H19ClFNO5/c1-4-9(2)14(16(22)23-3)19-13(20)8-24-15(21)11-7-10(17)5-6-12(11)18/h5-7,9,14H,4,8H2,1-3H3,(H,19,20)/t9-,14-/m1/s1. The minimum absolute atomic E-state index is 0.162. The van der Waals surface area contributed by atoms with Crippen LogP contribution in [-0.4, -0.2) is 37.6 Å². The molecule has 0 aliphatic carbocycles. The van der Waals surface area contributed by atoms with Gasteiger partial charge in [-0.15, -0.1) is 0 Å². The molecule has 0 aromatic heterocycles. The Morgan fingerprint density at radius 3 is 2.58 bits per heavy atom. The number of carbonyl (C=O) groups excluding carboxylic acids is 3. The van der Waals surface area contributed by atoms with Crippen molar-refractivity contribution < 1.29 is 28.2 Å². The average molecular weight is 360 g/mol. The van der Waals surface area contributed by atoms with E-state index in [1.54, 1.807) is 6.92 Å². The van der Waals surface area contributed by atoms with Crippen LogP contribution in [0.15, 0.2) is 18.2 Å². The zero-order valence-electron chi connectivity index (χ0n) is 13.6. The maximum Gasteiger partial charge on any atom is 0.341 e. The highest BCUT2D eigenvalue weighted by Crippen LogP contribution is 2.16. The quantitative estimate of drug-likeness (QED) is 0.756. The van der Waals surface area contributed by atoms with Crippen LogP contribution in [0.4, 0.5) is 4.39 Å². The molecule has 2 atom stereocenters. The first-order valence-electron chi connectivity index (χ1n) is 7.29. The number of carbonyl (C=O) groups is 3. The molecule has 0 fully saturated rings. The molecule has 1 aromatic rings. The molecule has 1 rings (SSSR count). The van der Waals surface area contributed by atoms with Crippen molar-refractivity contribution in [2.75, 3.05) is 13.7 Å². The van der Waals surface area contributed by atoms with Gasteiger partial charge in [0, 0.05) is 5.02 Å². The Morgan fingerprint density at radius 1 is 1.33 bits per heavy atom. The van der Waals surface area contributed by atoms with E-state index in [1.165, 1.54) is 13.2 Å². The highest BCUT2D eigenvalue weighted by atomic mass is 35.5. The lowest BCUT2D eigenvalue weighted by molar-refractivity contribution is -0.147. The van der Waals surface area contributed by atoms with Crippen molar-refractivity contribution >= 4 is 29.4 Å². The summed E-state index contributed by atoms with van der Waals surface area (Å²) in [5.74, 6) is -3.28. The van der Waals surface area contributed by atoms with E-state index in [0.717, 1.165) is 12.1 Å². The van der Waals surface area contributed by atoms with E-state index in [1.807, 2.05) is 6.92 Å². The molecule has 0 bridgehead atoms. The lowest BCUT2D eigenvalue weighted by Gasteiger charge is -2.21. The molecule has 0 aliphatic rings. The summed E-state index contributed by atoms with van der Waals surface area (Å²) in [6.07, 6.45) is 0.633. The first-order valence-corrected chi connectivity index (χ1v) is 7.67. The van der Waals surface area contributed by atoms with Gasteiger partial charge >= 0.3 is 11.9 Å². The Kier molecular flexibility index (Phi) is 7.64. The molecule has 6 nitrogen and oxygen atoms in total. The highest BCUT2D eigenvalue weighted by Gasteiger charge is 2.27. The van der Waals surface area contributed by atoms with Gasteiger partial charge in [0.25, 0.3) is 5.91 Å². The summed E-state index contributed by atoms with van der Waals surface area (Å²) < 4.78 is 22.9. The van der Waals surface area contributed by atoms with Gasteiger partial charge in [0.2, 0.25) is 0 Å². The Hall–Kier alpha value is -2.15. The number of rotatable bonds is 7. The molecule has 0 radical (unpaired) electrons. The van der Waals surface area contributed by atoms with Gasteiger partial charge in [0.05, 0.1) is 12.7 Å². The molecule has 1 amide bonds. The highest BCUT2D eigenvalue weighted by molar-refractivity contribution is 6.30. The van der Waals surface area contributed by atoms with Crippen molar-refractivity contribution in [1.82, 2.24) is 5.32 Å². The molecular weight excluding hydrogens is 341 g/mol. The monoisotopic (exact) mass is 359 g/mol. The zero-order valence-corrected chi connectivity index (χ0v) is 14.4. The van der Waals surface area contributed by atoms with Crippen LogP contribution in [0.5, 0.6) is 0 Å². The van der Waals surface area contributed by atoms with Gasteiger partial charge in [-0.25, -0.2) is 14.0 Å². The predicted molar refractivity (Wildman–Crippen MR) is 85.1 cm³/mol. The van der Waals surface area contributed by atoms with Crippen molar-refractivity contribution in [3.8, 4) is 0 Å². The summed E-state index contributed by atoms with van der Waals surface area (Å²) in [5.41, 5.74) is -0.373. The van der Waals surface area contributed by atoms with E-state index >= 15 is 0 Å². The van der Waals surface area contributed by atoms with Crippen molar-refractivity contribution in [1.29, 1.82) is 0 Å². The second-order valence-electron chi connectivity index (χ2n) is 5.15. The molecule has 0 heterocycles. The summed E-state index contributed by atoms with van der Waals surface area (Å²) in [4.78, 5) is 35.3. The number of hydrogen-bond donors (Lipinski definition) is 1. The van der Waals surface area contributed by atoms with Crippen molar-refractivity contribution in [2.24, 2.45) is 5.92 Å². The second-order valence-corrected chi connectivity index (χ2v) is 5.59. The largest absolute Gasteiger partial charge is 0.467 e. The lowest BCUT2D eigenvalue weighted by Crippen LogP contribution is -2.47. The molecule has 0 saturated heterocycles. The van der Waals surface area contributed by atoms with E-state index < -0.39 is 36.3 Å². The topological polar surface area (TPSA) is 81.7 Å². The zero-order chi connectivity index (χ0) is 18.3. The molecule has 132 valence electrons. The summed E-state index contributed by atoms with van der Waals surface area (Å²) in [7, 11) is 1.21. The van der Waals surface area contributed by atoms with Crippen molar-refractivity contribution in [2.45, 2.75) is 26.3 Å². The van der Waals surface area contributed by atoms with E-state index in [0.29, 0.717) is 6.42 Å². The van der Waals surface area contributed by atoms with E-state index in [4.69, 9.17) is 16.3 Å². The number of ether oxygens (including phenoxy) is 2. The average Bonchev–Trinajstić information content (AvgIpc) is 2.58. The Balaban J connectivity index is 2.66. The van der Waals surface area contributed by atoms with Gasteiger partial charge in [0.15, 0.2) is 6.61 Å². The maximum atomic E-state index is 13.5. The molecule has 0 aliphatic heterocycles. The third-order valence-corrected chi connectivity index (χ3v) is 3.70. The summed E-state index contributed by atoms with van der Waals surface area (Å²) in [5, 5.41) is 2.60. The van der Waals surface area contributed by atoms with Gasteiger partial charge in [0.1, 0.15) is 11.9 Å². The molecule has 8 heteroatoms. The van der Waals surface area contributed by atoms with Crippen LogP contribution in [-0.2, 0) is 19.1 Å². The summed E-state index contributed by atoms with van der Waals surface area (Å²) >= 11 is 5.69. The van der Waals surface area contributed by atoms with E-state index in [2.05, 4.69) is 10.1 Å². The minimum Gasteiger partial charge on any atom is -0.467 e. The third kappa shape index (κ3) is 5.49. The molecule has 0 unspecified atom stereocenters. The fourth-order valence-electron chi connectivity index (χ4n) is 1.87. The van der Waals surface area contributed by atoms with Crippen LogP contribution in [0.2, 0.25) is 5.02 Å². The normalized spacial score (nSPS) is 12.9. The smallest absolute Gasteiger partial charge is 0.341 e. The van der Waals surface area contributed by atoms with Crippen LogP contribution in [0.25, 0.3) is 0 Å². The van der Waals surface area contributed by atoms with Crippen LogP contribution in [0.3, 0.4) is 0 Å². The number of methoxy groups -OCH3 is 1. The number of esters is 2. The van der Waals surface area contributed by atoms with Crippen molar-refractivity contribution in [3.05, 3.63) is 34.6 Å². The molecule has 24 heavy (non-hydrogen) atoms. The van der Waals surface area contributed by atoms with Gasteiger partial charge in [-0.1, -0.05) is 31.9 Å². The van der Waals surface area contributed by atoms with Crippen LogP contribution in [0, 0.1) is 11.7 Å². The first kappa shape index (κ1) is 19.9. The molecule has 0 spiro atoms. The van der Waals surface area contributed by atoms with E-state index in [-0.39, 0.29) is 16.5 Å². The Bertz CT molecular complexity index is 622. The van der Waals surface area contributed by atoms with Crippen molar-refractivity contribution in [3.63, 3.8) is 0 Å². The minimum atomic E-state index is -1.02. The second kappa shape index (κ2) is 9.22. The molecule has 1 aromatic carbocycles. The van der Waals surface area contributed by atoms with Gasteiger partial charge in [-0.2, -0.15) is 0 Å². The lowest BCUT2D eigenvalue weighted by atomic mass is 9.99. The Morgan fingerprint density at radius 2 is 2.00 bits per heavy atom. The molecule has 0 saturated carbocycles. The SMILES string of the molecule is CC[C@@H](C)[C@@H](NC(=O)COC(=O)c1cc(Cl)ccc1F)C(=O)OC. The number of amides is 1. The summed E-state index contributed by atoms with van der Waals surface area (Å²) in [6, 6.07) is 2.56. The van der Waals surface area contributed by atoms with Crippen LogP contribution >= 0.6 is 11.6 Å². The number of benzene rings is 1. The predicted octanol–water partition coefficient (Wildman–Crippen LogP) is 2.34. The number of nitrogens with one attached hydrogen (secondary N) is 1. The Labute approximate surface area is 144 Å². The van der Waals surface area contributed by atoms with Gasteiger partial charge < -0.3 is 14.8 Å². The maximum absolute atomic E-state index is 13.5. The van der Waals surface area contributed by atoms with Gasteiger partial charge in [-0.3, -0.25) is 4.79 Å². The summed E-state index contributed by atoms with van der Waals surface area (Å²) in [6.45, 7) is 2.97. The molecular formula is C16H19ClFNO5. The molecule has 1 N–H and O–H groups in total. The fourth-order valence-corrected chi connectivity index (χ4v) is 2.05. The van der Waals surface area contributed by atoms with Crippen LogP contribution < -0.4 is 5.32 Å².